The quantitative estimate of drug-likeness (QED) is 0.905. The summed E-state index contributed by atoms with van der Waals surface area (Å²) in [5, 5.41) is 0. The van der Waals surface area contributed by atoms with Crippen LogP contribution in [0.15, 0.2) is 42.6 Å². The van der Waals surface area contributed by atoms with Crippen molar-refractivity contribution >= 4 is 12.4 Å². The van der Waals surface area contributed by atoms with Gasteiger partial charge in [0.1, 0.15) is 17.2 Å². The highest BCUT2D eigenvalue weighted by Gasteiger charge is 2.37. The maximum Gasteiger partial charge on any atom is 0.573 e. The fourth-order valence-electron chi connectivity index (χ4n) is 2.52. The van der Waals surface area contributed by atoms with Crippen molar-refractivity contribution in [3.8, 4) is 11.5 Å². The first-order valence-electron chi connectivity index (χ1n) is 6.62. The molecular weight excluding hydrogens is 333 g/mol. The molecule has 1 aromatic heterocycles. The van der Waals surface area contributed by atoms with Gasteiger partial charge < -0.3 is 15.2 Å². The van der Waals surface area contributed by atoms with Crippen LogP contribution in [0.25, 0.3) is 0 Å². The summed E-state index contributed by atoms with van der Waals surface area (Å²) in [4.78, 5) is 4.27. The third kappa shape index (κ3) is 3.51. The molecule has 2 N–H and O–H groups in total. The predicted molar refractivity (Wildman–Crippen MR) is 79.7 cm³/mol. The predicted octanol–water partition coefficient (Wildman–Crippen LogP) is 3.39. The monoisotopic (exact) mass is 346 g/mol. The molecule has 4 nitrogen and oxygen atoms in total. The summed E-state index contributed by atoms with van der Waals surface area (Å²) in [7, 11) is 0. The van der Waals surface area contributed by atoms with Crippen LogP contribution in [0.3, 0.4) is 0 Å². The van der Waals surface area contributed by atoms with Crippen molar-refractivity contribution in [2.45, 2.75) is 18.3 Å². The number of fused-ring (bicyclic) bond motifs is 1. The Labute approximate surface area is 136 Å². The van der Waals surface area contributed by atoms with Crippen LogP contribution in [0, 0.1) is 0 Å². The first-order valence-corrected chi connectivity index (χ1v) is 6.62. The number of ether oxygens (including phenoxy) is 2. The van der Waals surface area contributed by atoms with E-state index < -0.39 is 11.9 Å². The van der Waals surface area contributed by atoms with E-state index in [-0.39, 0.29) is 18.2 Å². The number of nitrogens with two attached hydrogens (primary N) is 1. The summed E-state index contributed by atoms with van der Waals surface area (Å²) in [6.45, 7) is 0.413. The highest BCUT2D eigenvalue weighted by molar-refractivity contribution is 5.85. The number of benzene rings is 1. The smallest absolute Gasteiger partial charge is 0.491 e. The molecule has 0 aliphatic carbocycles. The van der Waals surface area contributed by atoms with Crippen LogP contribution in [-0.4, -0.2) is 18.0 Å². The zero-order valence-electron chi connectivity index (χ0n) is 11.8. The third-order valence-electron chi connectivity index (χ3n) is 3.55. The third-order valence-corrected chi connectivity index (χ3v) is 3.55. The lowest BCUT2D eigenvalue weighted by Gasteiger charge is -2.34. The van der Waals surface area contributed by atoms with Gasteiger partial charge in [-0.15, -0.1) is 25.6 Å². The molecule has 0 spiro atoms. The number of hydrogen-bond acceptors (Lipinski definition) is 4. The van der Waals surface area contributed by atoms with Crippen LogP contribution in [0.5, 0.6) is 11.5 Å². The molecule has 0 amide bonds. The van der Waals surface area contributed by atoms with Crippen molar-refractivity contribution in [2.24, 2.45) is 5.73 Å². The normalized spacial score (nSPS) is 20.0. The van der Waals surface area contributed by atoms with E-state index in [4.69, 9.17) is 10.5 Å². The standard InChI is InChI=1S/C15H13F3N2O2.ClH/c16-15(17,18)22-11-5-3-10(4-6-11)14(19)7-9-21-12-2-1-8-20-13(12)14;/h1-6,8H,7,9,19H2;1H. The number of rotatable bonds is 2. The van der Waals surface area contributed by atoms with Gasteiger partial charge in [-0.05, 0) is 29.8 Å². The molecule has 2 heterocycles. The minimum absolute atomic E-state index is 0. The minimum Gasteiger partial charge on any atom is -0.491 e. The van der Waals surface area contributed by atoms with Crippen molar-refractivity contribution in [1.82, 2.24) is 4.98 Å². The van der Waals surface area contributed by atoms with E-state index >= 15 is 0 Å². The Morgan fingerprint density at radius 3 is 2.52 bits per heavy atom. The molecule has 23 heavy (non-hydrogen) atoms. The van der Waals surface area contributed by atoms with E-state index in [9.17, 15) is 13.2 Å². The van der Waals surface area contributed by atoms with Crippen molar-refractivity contribution in [2.75, 3.05) is 6.61 Å². The van der Waals surface area contributed by atoms with Crippen molar-refractivity contribution < 1.29 is 22.6 Å². The SMILES string of the molecule is Cl.NC1(c2ccc(OC(F)(F)F)cc2)CCOc2cccnc21. The van der Waals surface area contributed by atoms with Crippen molar-refractivity contribution in [3.05, 3.63) is 53.9 Å². The van der Waals surface area contributed by atoms with Crippen molar-refractivity contribution in [1.29, 1.82) is 0 Å². The molecule has 3 rings (SSSR count). The van der Waals surface area contributed by atoms with E-state index in [2.05, 4.69) is 9.72 Å². The molecule has 2 aromatic rings. The Morgan fingerprint density at radius 2 is 1.87 bits per heavy atom. The van der Waals surface area contributed by atoms with Gasteiger partial charge >= 0.3 is 6.36 Å². The van der Waals surface area contributed by atoms with Crippen LogP contribution >= 0.6 is 12.4 Å². The fraction of sp³-hybridized carbons (Fsp3) is 0.267. The van der Waals surface area contributed by atoms with Crippen LogP contribution in [-0.2, 0) is 5.54 Å². The molecule has 1 aliphatic heterocycles. The summed E-state index contributed by atoms with van der Waals surface area (Å²) in [5.74, 6) is 0.306. The maximum atomic E-state index is 12.2. The average Bonchev–Trinajstić information content (AvgIpc) is 2.47. The highest BCUT2D eigenvalue weighted by atomic mass is 35.5. The van der Waals surface area contributed by atoms with E-state index in [0.29, 0.717) is 30.0 Å². The summed E-state index contributed by atoms with van der Waals surface area (Å²) in [6, 6.07) is 9.04. The molecule has 124 valence electrons. The lowest BCUT2D eigenvalue weighted by molar-refractivity contribution is -0.274. The van der Waals surface area contributed by atoms with Gasteiger partial charge in [-0.3, -0.25) is 4.98 Å². The molecule has 1 atom stereocenters. The second kappa shape index (κ2) is 6.25. The van der Waals surface area contributed by atoms with Gasteiger partial charge in [-0.2, -0.15) is 0 Å². The van der Waals surface area contributed by atoms with Gasteiger partial charge in [0.05, 0.1) is 12.1 Å². The van der Waals surface area contributed by atoms with Gasteiger partial charge in [0.25, 0.3) is 0 Å². The molecule has 0 radical (unpaired) electrons. The van der Waals surface area contributed by atoms with E-state index in [0.717, 1.165) is 0 Å². The number of alkyl halides is 3. The molecule has 0 saturated heterocycles. The average molecular weight is 347 g/mol. The van der Waals surface area contributed by atoms with Crippen LogP contribution < -0.4 is 15.2 Å². The first-order chi connectivity index (χ1) is 10.4. The number of halogens is 4. The van der Waals surface area contributed by atoms with Gasteiger partial charge in [0, 0.05) is 12.6 Å². The van der Waals surface area contributed by atoms with Gasteiger partial charge in [-0.1, -0.05) is 12.1 Å². The van der Waals surface area contributed by atoms with Gasteiger partial charge in [0.15, 0.2) is 0 Å². The van der Waals surface area contributed by atoms with E-state index in [1.807, 2.05) is 0 Å². The molecule has 0 saturated carbocycles. The minimum atomic E-state index is -4.71. The summed E-state index contributed by atoms with van der Waals surface area (Å²) < 4.78 is 46.0. The molecular formula is C15H14ClF3N2O2. The molecule has 0 fully saturated rings. The second-order valence-corrected chi connectivity index (χ2v) is 4.99. The summed E-state index contributed by atoms with van der Waals surface area (Å²) >= 11 is 0. The Morgan fingerprint density at radius 1 is 1.17 bits per heavy atom. The topological polar surface area (TPSA) is 57.4 Å². The van der Waals surface area contributed by atoms with Crippen molar-refractivity contribution in [3.63, 3.8) is 0 Å². The Bertz CT molecular complexity index is 679. The summed E-state index contributed by atoms with van der Waals surface area (Å²) in [5.41, 5.74) is 6.80. The molecule has 1 unspecified atom stereocenters. The van der Waals surface area contributed by atoms with Gasteiger partial charge in [-0.25, -0.2) is 0 Å². The lowest BCUT2D eigenvalue weighted by atomic mass is 9.82. The number of pyridine rings is 1. The maximum absolute atomic E-state index is 12.2. The summed E-state index contributed by atoms with van der Waals surface area (Å²) in [6.07, 6.45) is -2.62. The Balaban J connectivity index is 0.00000192. The molecule has 0 bridgehead atoms. The zero-order valence-corrected chi connectivity index (χ0v) is 12.7. The molecule has 1 aromatic carbocycles. The van der Waals surface area contributed by atoms with Crippen LogP contribution in [0.2, 0.25) is 0 Å². The Kier molecular flexibility index (Phi) is 4.72. The van der Waals surface area contributed by atoms with Crippen LogP contribution in [0.1, 0.15) is 17.7 Å². The molecule has 1 aliphatic rings. The second-order valence-electron chi connectivity index (χ2n) is 4.99. The fourth-order valence-corrected chi connectivity index (χ4v) is 2.52. The first kappa shape index (κ1) is 17.4. The number of hydrogen-bond donors (Lipinski definition) is 1. The number of nitrogens with zero attached hydrogens (tertiary/aromatic N) is 1. The largest absolute Gasteiger partial charge is 0.573 e. The van der Waals surface area contributed by atoms with Gasteiger partial charge in [0.2, 0.25) is 0 Å². The highest BCUT2D eigenvalue weighted by Crippen LogP contribution is 2.38. The van der Waals surface area contributed by atoms with E-state index in [1.54, 1.807) is 18.3 Å². The Hall–Kier alpha value is -1.99. The molecule has 8 heteroatoms. The van der Waals surface area contributed by atoms with E-state index in [1.165, 1.54) is 24.3 Å². The number of aromatic nitrogens is 1. The lowest BCUT2D eigenvalue weighted by Crippen LogP contribution is -2.43. The van der Waals surface area contributed by atoms with Crippen LogP contribution in [0.4, 0.5) is 13.2 Å². The zero-order chi connectivity index (χ0) is 15.8.